The lowest BCUT2D eigenvalue weighted by Gasteiger charge is -2.35. The highest BCUT2D eigenvalue weighted by molar-refractivity contribution is 5.46. The van der Waals surface area contributed by atoms with Gasteiger partial charge in [0.2, 0.25) is 6.41 Å². The van der Waals surface area contributed by atoms with Crippen LogP contribution in [0.4, 0.5) is 0 Å². The van der Waals surface area contributed by atoms with E-state index in [0.29, 0.717) is 17.5 Å². The molecule has 17 heavy (non-hydrogen) atoms. The minimum atomic E-state index is 0.333. The Bertz CT molecular complexity index is 230. The molecule has 1 unspecified atom stereocenters. The van der Waals surface area contributed by atoms with Gasteiger partial charge < -0.3 is 10.2 Å². The fourth-order valence-electron chi connectivity index (χ4n) is 2.41. The van der Waals surface area contributed by atoms with Crippen molar-refractivity contribution in [2.75, 3.05) is 13.6 Å². The fraction of sp³-hybridized carbons (Fsp3) is 0.929. The normalized spacial score (nSPS) is 22.1. The van der Waals surface area contributed by atoms with Gasteiger partial charge in [-0.3, -0.25) is 4.79 Å². The monoisotopic (exact) mass is 240 g/mol. The standard InChI is InChI=1S/C14H28N2O/c1-12(16(4)11-17)7-10-15-13-5-8-14(2,3)9-6-13/h11-13,15H,5-10H2,1-4H3. The third-order valence-electron chi connectivity index (χ3n) is 4.20. The molecule has 0 bridgehead atoms. The fourth-order valence-corrected chi connectivity index (χ4v) is 2.41. The van der Waals surface area contributed by atoms with Gasteiger partial charge in [0.25, 0.3) is 0 Å². The van der Waals surface area contributed by atoms with E-state index in [2.05, 4.69) is 26.1 Å². The summed E-state index contributed by atoms with van der Waals surface area (Å²) in [6.07, 6.45) is 7.20. The lowest BCUT2D eigenvalue weighted by Crippen LogP contribution is -2.38. The molecule has 0 aliphatic heterocycles. The van der Waals surface area contributed by atoms with Crippen molar-refractivity contribution in [3.05, 3.63) is 0 Å². The summed E-state index contributed by atoms with van der Waals surface area (Å²) in [5, 5.41) is 3.63. The molecular weight excluding hydrogens is 212 g/mol. The number of hydrogen-bond donors (Lipinski definition) is 1. The predicted molar refractivity (Wildman–Crippen MR) is 71.9 cm³/mol. The molecule has 0 radical (unpaired) electrons. The molecule has 1 saturated carbocycles. The van der Waals surface area contributed by atoms with Crippen LogP contribution in [-0.2, 0) is 4.79 Å². The maximum Gasteiger partial charge on any atom is 0.209 e. The molecule has 0 heterocycles. The zero-order chi connectivity index (χ0) is 12.9. The second-order valence-corrected chi connectivity index (χ2v) is 6.30. The lowest BCUT2D eigenvalue weighted by molar-refractivity contribution is -0.118. The van der Waals surface area contributed by atoms with E-state index < -0.39 is 0 Å². The summed E-state index contributed by atoms with van der Waals surface area (Å²) in [7, 11) is 1.85. The Kier molecular flexibility index (Phi) is 5.44. The van der Waals surface area contributed by atoms with Crippen LogP contribution >= 0.6 is 0 Å². The third-order valence-corrected chi connectivity index (χ3v) is 4.20. The topological polar surface area (TPSA) is 32.3 Å². The molecule has 1 rings (SSSR count). The van der Waals surface area contributed by atoms with Gasteiger partial charge in [0, 0.05) is 19.1 Å². The van der Waals surface area contributed by atoms with Crippen LogP contribution in [0.1, 0.15) is 52.9 Å². The molecule has 100 valence electrons. The van der Waals surface area contributed by atoms with Crippen molar-refractivity contribution in [2.45, 2.75) is 65.0 Å². The Morgan fingerprint density at radius 2 is 2.00 bits per heavy atom. The van der Waals surface area contributed by atoms with E-state index in [-0.39, 0.29) is 0 Å². The van der Waals surface area contributed by atoms with Crippen molar-refractivity contribution in [1.29, 1.82) is 0 Å². The molecule has 1 aliphatic rings. The quantitative estimate of drug-likeness (QED) is 0.723. The highest BCUT2D eigenvalue weighted by atomic mass is 16.1. The first-order valence-electron chi connectivity index (χ1n) is 6.85. The van der Waals surface area contributed by atoms with Crippen molar-refractivity contribution < 1.29 is 4.79 Å². The van der Waals surface area contributed by atoms with Crippen LogP contribution in [0, 0.1) is 5.41 Å². The van der Waals surface area contributed by atoms with Crippen LogP contribution in [0.5, 0.6) is 0 Å². The molecule has 3 nitrogen and oxygen atoms in total. The molecule has 0 saturated heterocycles. The summed E-state index contributed by atoms with van der Waals surface area (Å²) in [6.45, 7) is 7.85. The number of nitrogens with one attached hydrogen (secondary N) is 1. The molecule has 0 aromatic heterocycles. The molecule has 1 aliphatic carbocycles. The zero-order valence-electron chi connectivity index (χ0n) is 11.8. The molecule has 1 atom stereocenters. The minimum absolute atomic E-state index is 0.333. The molecule has 1 fully saturated rings. The minimum Gasteiger partial charge on any atom is -0.346 e. The van der Waals surface area contributed by atoms with Gasteiger partial charge >= 0.3 is 0 Å². The number of hydrogen-bond acceptors (Lipinski definition) is 2. The maximum atomic E-state index is 10.6. The van der Waals surface area contributed by atoms with Gasteiger partial charge in [0.15, 0.2) is 0 Å². The van der Waals surface area contributed by atoms with Crippen LogP contribution in [0.2, 0.25) is 0 Å². The summed E-state index contributed by atoms with van der Waals surface area (Å²) in [6, 6.07) is 1.02. The molecule has 0 aromatic rings. The number of carbonyl (C=O) groups is 1. The molecule has 3 heteroatoms. The Morgan fingerprint density at radius 3 is 2.53 bits per heavy atom. The van der Waals surface area contributed by atoms with E-state index in [1.54, 1.807) is 4.90 Å². The van der Waals surface area contributed by atoms with E-state index in [1.165, 1.54) is 25.7 Å². The highest BCUT2D eigenvalue weighted by Gasteiger charge is 2.26. The summed E-state index contributed by atoms with van der Waals surface area (Å²) in [5.74, 6) is 0. The van der Waals surface area contributed by atoms with Crippen LogP contribution in [-0.4, -0.2) is 37.0 Å². The molecule has 0 aromatic carbocycles. The van der Waals surface area contributed by atoms with Crippen molar-refractivity contribution in [2.24, 2.45) is 5.41 Å². The number of nitrogens with zero attached hydrogens (tertiary/aromatic N) is 1. The van der Waals surface area contributed by atoms with Gasteiger partial charge in [-0.05, 0) is 51.0 Å². The van der Waals surface area contributed by atoms with Gasteiger partial charge in [-0.25, -0.2) is 0 Å². The van der Waals surface area contributed by atoms with E-state index in [9.17, 15) is 4.79 Å². The third kappa shape index (κ3) is 5.07. The maximum absolute atomic E-state index is 10.6. The lowest BCUT2D eigenvalue weighted by atomic mass is 9.75. The summed E-state index contributed by atoms with van der Waals surface area (Å²) in [5.41, 5.74) is 0.545. The number of rotatable bonds is 6. The Labute approximate surface area is 106 Å². The highest BCUT2D eigenvalue weighted by Crippen LogP contribution is 2.34. The van der Waals surface area contributed by atoms with Crippen LogP contribution in [0.25, 0.3) is 0 Å². The molecule has 0 spiro atoms. The predicted octanol–water partition coefficient (Wildman–Crippen LogP) is 2.41. The van der Waals surface area contributed by atoms with Crippen LogP contribution in [0.3, 0.4) is 0 Å². The van der Waals surface area contributed by atoms with Gasteiger partial charge in [0.05, 0.1) is 0 Å². The average Bonchev–Trinajstić information content (AvgIpc) is 2.30. The van der Waals surface area contributed by atoms with Gasteiger partial charge in [-0.2, -0.15) is 0 Å². The Balaban J connectivity index is 2.14. The molecular formula is C14H28N2O. The smallest absolute Gasteiger partial charge is 0.209 e. The number of amides is 1. The largest absolute Gasteiger partial charge is 0.346 e. The van der Waals surface area contributed by atoms with E-state index in [4.69, 9.17) is 0 Å². The van der Waals surface area contributed by atoms with Gasteiger partial charge in [-0.1, -0.05) is 13.8 Å². The summed E-state index contributed by atoms with van der Waals surface area (Å²) < 4.78 is 0. The van der Waals surface area contributed by atoms with Gasteiger partial charge in [-0.15, -0.1) is 0 Å². The molecule has 1 N–H and O–H groups in total. The zero-order valence-corrected chi connectivity index (χ0v) is 11.8. The second kappa shape index (κ2) is 6.39. The van der Waals surface area contributed by atoms with E-state index in [0.717, 1.165) is 19.4 Å². The first-order valence-corrected chi connectivity index (χ1v) is 6.85. The van der Waals surface area contributed by atoms with E-state index in [1.807, 2.05) is 7.05 Å². The Hall–Kier alpha value is -0.570. The van der Waals surface area contributed by atoms with E-state index >= 15 is 0 Å². The SMILES string of the molecule is CC(CCNC1CCC(C)(C)CC1)N(C)C=O. The Morgan fingerprint density at radius 1 is 1.41 bits per heavy atom. The van der Waals surface area contributed by atoms with Crippen LogP contribution < -0.4 is 5.32 Å². The first-order chi connectivity index (χ1) is 7.94. The first kappa shape index (κ1) is 14.5. The van der Waals surface area contributed by atoms with Gasteiger partial charge in [0.1, 0.15) is 0 Å². The summed E-state index contributed by atoms with van der Waals surface area (Å²) in [4.78, 5) is 12.3. The number of carbonyl (C=O) groups excluding carboxylic acids is 1. The second-order valence-electron chi connectivity index (χ2n) is 6.30. The van der Waals surface area contributed by atoms with Crippen molar-refractivity contribution in [3.63, 3.8) is 0 Å². The van der Waals surface area contributed by atoms with Crippen molar-refractivity contribution >= 4 is 6.41 Å². The molecule has 1 amide bonds. The summed E-state index contributed by atoms with van der Waals surface area (Å²) >= 11 is 0. The van der Waals surface area contributed by atoms with Crippen LogP contribution in [0.15, 0.2) is 0 Å². The average molecular weight is 240 g/mol. The van der Waals surface area contributed by atoms with Crippen molar-refractivity contribution in [1.82, 2.24) is 10.2 Å². The van der Waals surface area contributed by atoms with Crippen molar-refractivity contribution in [3.8, 4) is 0 Å².